The third-order valence-electron chi connectivity index (χ3n) is 3.08. The Bertz CT molecular complexity index is 698. The molecule has 0 aliphatic rings. The summed E-state index contributed by atoms with van der Waals surface area (Å²) in [5.41, 5.74) is 1.26. The van der Waals surface area contributed by atoms with Crippen molar-refractivity contribution in [2.24, 2.45) is 0 Å². The molecule has 0 spiro atoms. The van der Waals surface area contributed by atoms with Crippen LogP contribution in [0, 0.1) is 13.8 Å². The van der Waals surface area contributed by atoms with Crippen LogP contribution in [0.2, 0.25) is 0 Å². The summed E-state index contributed by atoms with van der Waals surface area (Å²) in [5, 5.41) is 18.1. The van der Waals surface area contributed by atoms with E-state index in [0.717, 1.165) is 11.1 Å². The van der Waals surface area contributed by atoms with Crippen LogP contribution in [0.4, 0.5) is 0 Å². The molecule has 0 unspecified atom stereocenters. The maximum absolute atomic E-state index is 11.1. The van der Waals surface area contributed by atoms with E-state index >= 15 is 0 Å². The highest BCUT2D eigenvalue weighted by molar-refractivity contribution is 6.02. The molecule has 0 saturated carbocycles. The summed E-state index contributed by atoms with van der Waals surface area (Å²) >= 11 is 0. The molecular formula is C16H14O5. The topological polar surface area (TPSA) is 83.8 Å². The lowest BCUT2D eigenvalue weighted by atomic mass is 10.1. The molecular weight excluding hydrogens is 272 g/mol. The van der Waals surface area contributed by atoms with Crippen molar-refractivity contribution in [3.8, 4) is 11.5 Å². The van der Waals surface area contributed by atoms with Crippen molar-refractivity contribution in [2.75, 3.05) is 0 Å². The first-order chi connectivity index (χ1) is 9.90. The van der Waals surface area contributed by atoms with Crippen molar-refractivity contribution in [1.29, 1.82) is 0 Å². The maximum Gasteiger partial charge on any atom is 0.336 e. The molecule has 0 amide bonds. The van der Waals surface area contributed by atoms with E-state index in [1.54, 1.807) is 0 Å². The van der Waals surface area contributed by atoms with Gasteiger partial charge in [0.1, 0.15) is 11.5 Å². The van der Waals surface area contributed by atoms with E-state index in [0.29, 0.717) is 5.75 Å². The summed E-state index contributed by atoms with van der Waals surface area (Å²) in [5.74, 6) is -1.67. The molecule has 2 rings (SSSR count). The van der Waals surface area contributed by atoms with E-state index in [2.05, 4.69) is 0 Å². The van der Waals surface area contributed by atoms with E-state index in [9.17, 15) is 9.59 Å². The Balaban J connectivity index is 2.44. The van der Waals surface area contributed by atoms with Crippen LogP contribution >= 0.6 is 0 Å². The van der Waals surface area contributed by atoms with Gasteiger partial charge >= 0.3 is 11.9 Å². The van der Waals surface area contributed by atoms with Crippen LogP contribution in [0.3, 0.4) is 0 Å². The molecule has 0 radical (unpaired) electrons. The van der Waals surface area contributed by atoms with E-state index < -0.39 is 11.9 Å². The largest absolute Gasteiger partial charge is 0.478 e. The van der Waals surface area contributed by atoms with E-state index in [1.165, 1.54) is 18.2 Å². The third-order valence-corrected chi connectivity index (χ3v) is 3.08. The van der Waals surface area contributed by atoms with Crippen molar-refractivity contribution in [1.82, 2.24) is 0 Å². The molecule has 0 atom stereocenters. The molecule has 5 nitrogen and oxygen atoms in total. The van der Waals surface area contributed by atoms with E-state index in [1.807, 2.05) is 32.0 Å². The van der Waals surface area contributed by atoms with Gasteiger partial charge in [0.15, 0.2) is 0 Å². The average Bonchev–Trinajstić information content (AvgIpc) is 2.42. The van der Waals surface area contributed by atoms with E-state index in [-0.39, 0.29) is 16.9 Å². The lowest BCUT2D eigenvalue weighted by molar-refractivity contribution is 0.0651. The zero-order valence-electron chi connectivity index (χ0n) is 11.6. The van der Waals surface area contributed by atoms with Crippen LogP contribution in [-0.4, -0.2) is 22.2 Å². The van der Waals surface area contributed by atoms with Gasteiger partial charge in [0.25, 0.3) is 0 Å². The Kier molecular flexibility index (Phi) is 3.93. The number of hydrogen-bond donors (Lipinski definition) is 2. The van der Waals surface area contributed by atoms with Crippen molar-refractivity contribution >= 4 is 11.9 Å². The van der Waals surface area contributed by atoms with Crippen LogP contribution in [0.1, 0.15) is 31.8 Å². The Morgan fingerprint density at radius 1 is 0.905 bits per heavy atom. The number of carboxylic acids is 2. The molecule has 108 valence electrons. The van der Waals surface area contributed by atoms with Gasteiger partial charge in [-0.05, 0) is 43.2 Å². The summed E-state index contributed by atoms with van der Waals surface area (Å²) in [6.45, 7) is 3.76. The quantitative estimate of drug-likeness (QED) is 0.898. The number of ether oxygens (including phenoxy) is 1. The number of carboxylic acid groups (broad SMARTS) is 2. The molecule has 2 aromatic carbocycles. The van der Waals surface area contributed by atoms with Gasteiger partial charge in [-0.1, -0.05) is 18.2 Å². The second kappa shape index (κ2) is 5.66. The number of benzene rings is 2. The van der Waals surface area contributed by atoms with Gasteiger partial charge in [0.2, 0.25) is 0 Å². The van der Waals surface area contributed by atoms with Gasteiger partial charge in [0.05, 0.1) is 11.1 Å². The van der Waals surface area contributed by atoms with Gasteiger partial charge in [-0.2, -0.15) is 0 Å². The lowest BCUT2D eigenvalue weighted by Crippen LogP contribution is -2.08. The Morgan fingerprint density at radius 3 is 2.00 bits per heavy atom. The number of rotatable bonds is 4. The minimum Gasteiger partial charge on any atom is -0.478 e. The molecule has 0 aromatic heterocycles. The molecule has 0 aliphatic carbocycles. The van der Waals surface area contributed by atoms with E-state index in [4.69, 9.17) is 14.9 Å². The van der Waals surface area contributed by atoms with Crippen molar-refractivity contribution < 1.29 is 24.5 Å². The number of aryl methyl sites for hydroxylation is 2. The number of para-hydroxylation sites is 1. The zero-order valence-corrected chi connectivity index (χ0v) is 11.6. The maximum atomic E-state index is 11.1. The highest BCUT2D eigenvalue weighted by atomic mass is 16.5. The smallest absolute Gasteiger partial charge is 0.336 e. The van der Waals surface area contributed by atoms with Gasteiger partial charge in [-0.15, -0.1) is 0 Å². The fraction of sp³-hybridized carbons (Fsp3) is 0.125. The van der Waals surface area contributed by atoms with Crippen LogP contribution in [0.15, 0.2) is 36.4 Å². The van der Waals surface area contributed by atoms with Gasteiger partial charge in [0, 0.05) is 0 Å². The average molecular weight is 286 g/mol. The summed E-state index contributed by atoms with van der Waals surface area (Å²) in [4.78, 5) is 22.1. The fourth-order valence-corrected chi connectivity index (χ4v) is 2.03. The first kappa shape index (κ1) is 14.6. The predicted molar refractivity (Wildman–Crippen MR) is 76.4 cm³/mol. The molecule has 21 heavy (non-hydrogen) atoms. The molecule has 2 N–H and O–H groups in total. The van der Waals surface area contributed by atoms with Crippen LogP contribution in [-0.2, 0) is 0 Å². The van der Waals surface area contributed by atoms with Crippen molar-refractivity contribution in [3.05, 3.63) is 58.7 Å². The zero-order chi connectivity index (χ0) is 15.6. The van der Waals surface area contributed by atoms with Crippen LogP contribution in [0.25, 0.3) is 0 Å². The van der Waals surface area contributed by atoms with Gasteiger partial charge in [-0.3, -0.25) is 0 Å². The molecule has 0 heterocycles. The number of aromatic carboxylic acids is 2. The number of carbonyl (C=O) groups is 2. The predicted octanol–water partition coefficient (Wildman–Crippen LogP) is 3.49. The highest BCUT2D eigenvalue weighted by Crippen LogP contribution is 2.29. The fourth-order valence-electron chi connectivity index (χ4n) is 2.03. The first-order valence-corrected chi connectivity index (χ1v) is 6.25. The molecule has 0 bridgehead atoms. The monoisotopic (exact) mass is 286 g/mol. The minimum absolute atomic E-state index is 0.267. The molecule has 2 aromatic rings. The van der Waals surface area contributed by atoms with Crippen molar-refractivity contribution in [2.45, 2.75) is 13.8 Å². The normalized spacial score (nSPS) is 10.2. The Hall–Kier alpha value is -2.82. The van der Waals surface area contributed by atoms with Crippen LogP contribution < -0.4 is 4.74 Å². The first-order valence-electron chi connectivity index (χ1n) is 6.25. The summed E-state index contributed by atoms with van der Waals surface area (Å²) in [6, 6.07) is 9.56. The minimum atomic E-state index is -1.31. The van der Waals surface area contributed by atoms with Gasteiger partial charge < -0.3 is 14.9 Å². The standard InChI is InChI=1S/C16H14O5/c1-9-4-3-5-10(2)14(9)21-11-6-7-12(15(17)18)13(8-11)16(19)20/h3-8H,1-2H3,(H,17,18)(H,19,20). The molecule has 0 saturated heterocycles. The summed E-state index contributed by atoms with van der Waals surface area (Å²) in [6.07, 6.45) is 0. The van der Waals surface area contributed by atoms with Crippen LogP contribution in [0.5, 0.6) is 11.5 Å². The summed E-state index contributed by atoms with van der Waals surface area (Å²) in [7, 11) is 0. The highest BCUT2D eigenvalue weighted by Gasteiger charge is 2.17. The molecule has 5 heteroatoms. The second-order valence-electron chi connectivity index (χ2n) is 4.64. The number of hydrogen-bond acceptors (Lipinski definition) is 3. The molecule has 0 aliphatic heterocycles. The van der Waals surface area contributed by atoms with Crippen molar-refractivity contribution in [3.63, 3.8) is 0 Å². The lowest BCUT2D eigenvalue weighted by Gasteiger charge is -2.12. The third kappa shape index (κ3) is 3.02. The Labute approximate surface area is 121 Å². The van der Waals surface area contributed by atoms with Gasteiger partial charge in [-0.25, -0.2) is 9.59 Å². The second-order valence-corrected chi connectivity index (χ2v) is 4.64. The molecule has 0 fully saturated rings. The summed E-state index contributed by atoms with van der Waals surface area (Å²) < 4.78 is 5.71. The Morgan fingerprint density at radius 2 is 1.48 bits per heavy atom. The SMILES string of the molecule is Cc1cccc(C)c1Oc1ccc(C(=O)O)c(C(=O)O)c1.